The lowest BCUT2D eigenvalue weighted by molar-refractivity contribution is -0.121. The standard InChI is InChI=1S/C16H14FN3O3/c17-12-4-1-3-11(9-12)16-19-15(23-20-16)7-6-14(21)18-10-13-5-2-8-22-13/h1-5,8-9H,6-7,10H2,(H,18,21). The summed E-state index contributed by atoms with van der Waals surface area (Å²) in [6.45, 7) is 0.338. The lowest BCUT2D eigenvalue weighted by atomic mass is 10.2. The molecule has 0 radical (unpaired) electrons. The number of hydrogen-bond donors (Lipinski definition) is 1. The fourth-order valence-corrected chi connectivity index (χ4v) is 2.01. The van der Waals surface area contributed by atoms with Crippen molar-refractivity contribution in [3.63, 3.8) is 0 Å². The third-order valence-electron chi connectivity index (χ3n) is 3.16. The van der Waals surface area contributed by atoms with Gasteiger partial charge < -0.3 is 14.3 Å². The van der Waals surface area contributed by atoms with E-state index >= 15 is 0 Å². The first-order valence-electron chi connectivity index (χ1n) is 7.08. The van der Waals surface area contributed by atoms with E-state index in [1.807, 2.05) is 0 Å². The molecule has 2 heterocycles. The van der Waals surface area contributed by atoms with Crippen LogP contribution in [0, 0.1) is 5.82 Å². The minimum Gasteiger partial charge on any atom is -0.467 e. The molecule has 1 amide bonds. The molecule has 118 valence electrons. The molecule has 0 saturated heterocycles. The molecule has 0 saturated carbocycles. The number of nitrogens with one attached hydrogen (secondary N) is 1. The summed E-state index contributed by atoms with van der Waals surface area (Å²) in [7, 11) is 0. The Labute approximate surface area is 131 Å². The largest absolute Gasteiger partial charge is 0.467 e. The maximum atomic E-state index is 13.2. The Bertz CT molecular complexity index is 783. The topological polar surface area (TPSA) is 81.2 Å². The third kappa shape index (κ3) is 4.03. The molecule has 1 N–H and O–H groups in total. The van der Waals surface area contributed by atoms with Gasteiger partial charge in [-0.2, -0.15) is 4.98 Å². The molecule has 23 heavy (non-hydrogen) atoms. The predicted molar refractivity (Wildman–Crippen MR) is 78.6 cm³/mol. The van der Waals surface area contributed by atoms with Crippen molar-refractivity contribution in [2.75, 3.05) is 0 Å². The molecule has 0 atom stereocenters. The van der Waals surface area contributed by atoms with Gasteiger partial charge in [-0.3, -0.25) is 4.79 Å². The summed E-state index contributed by atoms with van der Waals surface area (Å²) in [4.78, 5) is 15.9. The van der Waals surface area contributed by atoms with Crippen LogP contribution in [-0.2, 0) is 17.8 Å². The molecule has 1 aromatic carbocycles. The number of hydrogen-bond acceptors (Lipinski definition) is 5. The minimum absolute atomic E-state index is 0.146. The van der Waals surface area contributed by atoms with E-state index in [2.05, 4.69) is 15.5 Å². The van der Waals surface area contributed by atoms with Crippen molar-refractivity contribution in [1.29, 1.82) is 0 Å². The average Bonchev–Trinajstić information content (AvgIpc) is 3.22. The Morgan fingerprint density at radius 3 is 2.96 bits per heavy atom. The highest BCUT2D eigenvalue weighted by Crippen LogP contribution is 2.17. The van der Waals surface area contributed by atoms with Gasteiger partial charge in [-0.25, -0.2) is 4.39 Å². The molecule has 0 fully saturated rings. The number of rotatable bonds is 6. The van der Waals surface area contributed by atoms with Crippen LogP contribution in [0.3, 0.4) is 0 Å². The fourth-order valence-electron chi connectivity index (χ4n) is 2.01. The van der Waals surface area contributed by atoms with Crippen molar-refractivity contribution in [3.8, 4) is 11.4 Å². The van der Waals surface area contributed by atoms with Crippen LogP contribution in [-0.4, -0.2) is 16.0 Å². The molecule has 6 nitrogen and oxygen atoms in total. The zero-order valence-corrected chi connectivity index (χ0v) is 12.2. The van der Waals surface area contributed by atoms with E-state index in [9.17, 15) is 9.18 Å². The molecule has 2 aromatic heterocycles. The number of nitrogens with zero attached hydrogens (tertiary/aromatic N) is 2. The van der Waals surface area contributed by atoms with Crippen LogP contribution in [0.25, 0.3) is 11.4 Å². The molecule has 0 spiro atoms. The number of halogens is 1. The van der Waals surface area contributed by atoms with Crippen molar-refractivity contribution in [2.24, 2.45) is 0 Å². The van der Waals surface area contributed by atoms with Crippen molar-refractivity contribution in [1.82, 2.24) is 15.5 Å². The van der Waals surface area contributed by atoms with Crippen molar-refractivity contribution >= 4 is 5.91 Å². The molecule has 0 aliphatic carbocycles. The maximum absolute atomic E-state index is 13.2. The summed E-state index contributed by atoms with van der Waals surface area (Å²) in [5, 5.41) is 6.52. The number of carbonyl (C=O) groups is 1. The van der Waals surface area contributed by atoms with E-state index in [1.165, 1.54) is 12.1 Å². The highest BCUT2D eigenvalue weighted by molar-refractivity contribution is 5.75. The fraction of sp³-hybridized carbons (Fsp3) is 0.188. The van der Waals surface area contributed by atoms with E-state index in [4.69, 9.17) is 8.94 Å². The zero-order valence-electron chi connectivity index (χ0n) is 12.2. The van der Waals surface area contributed by atoms with E-state index < -0.39 is 0 Å². The Kier molecular flexibility index (Phi) is 4.46. The number of amides is 1. The first-order valence-corrected chi connectivity index (χ1v) is 7.08. The molecule has 0 bridgehead atoms. The summed E-state index contributed by atoms with van der Waals surface area (Å²) in [6.07, 6.45) is 2.08. The van der Waals surface area contributed by atoms with Crippen LogP contribution in [0.15, 0.2) is 51.6 Å². The van der Waals surface area contributed by atoms with Gasteiger partial charge in [-0.05, 0) is 24.3 Å². The van der Waals surface area contributed by atoms with Crippen LogP contribution in [0.1, 0.15) is 18.1 Å². The summed E-state index contributed by atoms with van der Waals surface area (Å²) < 4.78 is 23.4. The van der Waals surface area contributed by atoms with Gasteiger partial charge in [0.25, 0.3) is 0 Å². The predicted octanol–water partition coefficient (Wildman–Crippen LogP) is 2.72. The lowest BCUT2D eigenvalue weighted by Gasteiger charge is -2.01. The molecule has 3 aromatic rings. The quantitative estimate of drug-likeness (QED) is 0.756. The molecular weight excluding hydrogens is 301 g/mol. The summed E-state index contributed by atoms with van der Waals surface area (Å²) in [5.41, 5.74) is 0.530. The van der Waals surface area contributed by atoms with Crippen molar-refractivity contribution in [3.05, 3.63) is 60.1 Å². The minimum atomic E-state index is -0.369. The Hall–Kier alpha value is -2.96. The molecule has 3 rings (SSSR count). The van der Waals surface area contributed by atoms with Gasteiger partial charge >= 0.3 is 0 Å². The molecule has 0 unspecified atom stereocenters. The lowest BCUT2D eigenvalue weighted by Crippen LogP contribution is -2.22. The van der Waals surface area contributed by atoms with Gasteiger partial charge in [0.2, 0.25) is 17.6 Å². The number of furan rings is 1. The maximum Gasteiger partial charge on any atom is 0.227 e. The highest BCUT2D eigenvalue weighted by atomic mass is 19.1. The monoisotopic (exact) mass is 315 g/mol. The second-order valence-electron chi connectivity index (χ2n) is 4.88. The van der Waals surface area contributed by atoms with Crippen LogP contribution in [0.5, 0.6) is 0 Å². The normalized spacial score (nSPS) is 10.7. The number of aromatic nitrogens is 2. The Morgan fingerprint density at radius 1 is 1.26 bits per heavy atom. The SMILES string of the molecule is O=C(CCc1nc(-c2cccc(F)c2)no1)NCc1ccco1. The van der Waals surface area contributed by atoms with Crippen LogP contribution < -0.4 is 5.32 Å². The Morgan fingerprint density at radius 2 is 2.17 bits per heavy atom. The number of carbonyl (C=O) groups excluding carboxylic acids is 1. The van der Waals surface area contributed by atoms with Gasteiger partial charge in [-0.1, -0.05) is 17.3 Å². The van der Waals surface area contributed by atoms with Crippen LogP contribution in [0.2, 0.25) is 0 Å². The molecule has 7 heteroatoms. The van der Waals surface area contributed by atoms with Crippen molar-refractivity contribution < 1.29 is 18.1 Å². The van der Waals surface area contributed by atoms with Gasteiger partial charge in [0, 0.05) is 18.4 Å². The van der Waals surface area contributed by atoms with Gasteiger partial charge in [0.1, 0.15) is 11.6 Å². The first-order chi connectivity index (χ1) is 11.2. The van der Waals surface area contributed by atoms with E-state index in [-0.39, 0.29) is 18.1 Å². The average molecular weight is 315 g/mol. The first kappa shape index (κ1) is 15.0. The summed E-state index contributed by atoms with van der Waals surface area (Å²) in [6, 6.07) is 9.46. The van der Waals surface area contributed by atoms with E-state index in [0.29, 0.717) is 36.0 Å². The van der Waals surface area contributed by atoms with E-state index in [1.54, 1.807) is 30.5 Å². The molecule has 0 aliphatic rings. The summed E-state index contributed by atoms with van der Waals surface area (Å²) in [5.74, 6) is 0.801. The summed E-state index contributed by atoms with van der Waals surface area (Å²) >= 11 is 0. The smallest absolute Gasteiger partial charge is 0.227 e. The van der Waals surface area contributed by atoms with E-state index in [0.717, 1.165) is 0 Å². The van der Waals surface area contributed by atoms with Gasteiger partial charge in [-0.15, -0.1) is 0 Å². The van der Waals surface area contributed by atoms with Crippen molar-refractivity contribution in [2.45, 2.75) is 19.4 Å². The van der Waals surface area contributed by atoms with Crippen LogP contribution in [0.4, 0.5) is 4.39 Å². The van der Waals surface area contributed by atoms with Gasteiger partial charge in [0.15, 0.2) is 0 Å². The molecule has 0 aliphatic heterocycles. The molecular formula is C16H14FN3O3. The second-order valence-corrected chi connectivity index (χ2v) is 4.88. The highest BCUT2D eigenvalue weighted by Gasteiger charge is 2.11. The Balaban J connectivity index is 1.52. The number of aryl methyl sites for hydroxylation is 1. The third-order valence-corrected chi connectivity index (χ3v) is 3.16. The number of benzene rings is 1. The second kappa shape index (κ2) is 6.87. The van der Waals surface area contributed by atoms with Crippen LogP contribution >= 0.6 is 0 Å². The van der Waals surface area contributed by atoms with Gasteiger partial charge in [0.05, 0.1) is 12.8 Å². The zero-order chi connectivity index (χ0) is 16.1.